The van der Waals surface area contributed by atoms with Gasteiger partial charge in [-0.15, -0.1) is 12.4 Å². The highest BCUT2D eigenvalue weighted by Crippen LogP contribution is 2.17. The number of benzene rings is 3. The minimum Gasteiger partial charge on any atom is -0.489 e. The molecule has 0 spiro atoms. The Morgan fingerprint density at radius 3 is 2.04 bits per heavy atom. The second kappa shape index (κ2) is 10.6. The van der Waals surface area contributed by atoms with Gasteiger partial charge in [0.15, 0.2) is 5.78 Å². The molecule has 146 valence electrons. The Hall–Kier alpha value is -2.62. The normalized spacial score (nSPS) is 12.5. The van der Waals surface area contributed by atoms with Gasteiger partial charge in [-0.05, 0) is 49.2 Å². The zero-order valence-electron chi connectivity index (χ0n) is 16.2. The molecule has 4 heteroatoms. The molecular weight excluding hydrogens is 370 g/mol. The SMILES string of the molecule is C[C@@H](N[C@H](C)c1ccccc1)C(=O)c1ccc(OCc2ccccc2)cc1.Cl. The lowest BCUT2D eigenvalue weighted by atomic mass is 10.0. The molecule has 0 aliphatic carbocycles. The zero-order valence-corrected chi connectivity index (χ0v) is 17.0. The van der Waals surface area contributed by atoms with Crippen molar-refractivity contribution in [3.63, 3.8) is 0 Å². The first-order valence-corrected chi connectivity index (χ1v) is 9.25. The molecule has 0 unspecified atom stereocenters. The molecule has 0 amide bonds. The van der Waals surface area contributed by atoms with Crippen LogP contribution in [0.5, 0.6) is 5.75 Å². The highest BCUT2D eigenvalue weighted by molar-refractivity contribution is 5.99. The van der Waals surface area contributed by atoms with Gasteiger partial charge in [-0.3, -0.25) is 4.79 Å². The third-order valence-corrected chi connectivity index (χ3v) is 4.58. The van der Waals surface area contributed by atoms with Gasteiger partial charge in [-0.25, -0.2) is 0 Å². The zero-order chi connectivity index (χ0) is 19.1. The van der Waals surface area contributed by atoms with Gasteiger partial charge >= 0.3 is 0 Å². The first kappa shape index (κ1) is 21.7. The van der Waals surface area contributed by atoms with Crippen molar-refractivity contribution in [3.05, 3.63) is 102 Å². The van der Waals surface area contributed by atoms with Gasteiger partial charge in [0.25, 0.3) is 0 Å². The second-order valence-corrected chi connectivity index (χ2v) is 6.68. The fourth-order valence-corrected chi connectivity index (χ4v) is 2.99. The van der Waals surface area contributed by atoms with E-state index in [2.05, 4.69) is 24.4 Å². The van der Waals surface area contributed by atoms with Crippen LogP contribution >= 0.6 is 12.4 Å². The fourth-order valence-electron chi connectivity index (χ4n) is 2.99. The van der Waals surface area contributed by atoms with E-state index in [0.29, 0.717) is 12.2 Å². The van der Waals surface area contributed by atoms with Gasteiger partial charge in [0.05, 0.1) is 6.04 Å². The highest BCUT2D eigenvalue weighted by Gasteiger charge is 2.17. The Labute approximate surface area is 173 Å². The molecule has 0 aliphatic heterocycles. The second-order valence-electron chi connectivity index (χ2n) is 6.68. The number of ether oxygens (including phenoxy) is 1. The van der Waals surface area contributed by atoms with Crippen LogP contribution in [0.25, 0.3) is 0 Å². The quantitative estimate of drug-likeness (QED) is 0.504. The molecule has 3 aromatic carbocycles. The summed E-state index contributed by atoms with van der Waals surface area (Å²) in [6, 6.07) is 27.4. The number of hydrogen-bond acceptors (Lipinski definition) is 3. The number of Topliss-reactive ketones (excluding diaryl/α,β-unsaturated/α-hetero) is 1. The van der Waals surface area contributed by atoms with Gasteiger partial charge in [0.1, 0.15) is 12.4 Å². The average Bonchev–Trinajstić information content (AvgIpc) is 2.73. The van der Waals surface area contributed by atoms with E-state index in [1.54, 1.807) is 0 Å². The molecule has 0 bridgehead atoms. The molecule has 3 nitrogen and oxygen atoms in total. The number of carbonyl (C=O) groups excluding carboxylic acids is 1. The summed E-state index contributed by atoms with van der Waals surface area (Å²) in [6.07, 6.45) is 0. The van der Waals surface area contributed by atoms with Gasteiger partial charge < -0.3 is 10.1 Å². The Morgan fingerprint density at radius 1 is 0.857 bits per heavy atom. The minimum absolute atomic E-state index is 0. The third-order valence-electron chi connectivity index (χ3n) is 4.58. The molecule has 28 heavy (non-hydrogen) atoms. The first-order valence-electron chi connectivity index (χ1n) is 9.25. The molecular formula is C24H26ClNO2. The lowest BCUT2D eigenvalue weighted by Crippen LogP contribution is -2.35. The maximum absolute atomic E-state index is 12.7. The number of ketones is 1. The maximum Gasteiger partial charge on any atom is 0.179 e. The number of carbonyl (C=O) groups is 1. The van der Waals surface area contributed by atoms with Crippen LogP contribution in [0.4, 0.5) is 0 Å². The Kier molecular flexibility index (Phi) is 8.24. The summed E-state index contributed by atoms with van der Waals surface area (Å²) in [4.78, 5) is 12.7. The molecule has 0 fully saturated rings. The molecule has 3 rings (SSSR count). The largest absolute Gasteiger partial charge is 0.489 e. The minimum atomic E-state index is -0.267. The van der Waals surface area contributed by atoms with Crippen molar-refractivity contribution in [1.29, 1.82) is 0 Å². The van der Waals surface area contributed by atoms with Crippen LogP contribution in [-0.2, 0) is 6.61 Å². The number of nitrogens with one attached hydrogen (secondary N) is 1. The lowest BCUT2D eigenvalue weighted by Gasteiger charge is -2.19. The first-order chi connectivity index (χ1) is 13.1. The summed E-state index contributed by atoms with van der Waals surface area (Å²) in [5, 5.41) is 3.37. The van der Waals surface area contributed by atoms with Crippen molar-refractivity contribution < 1.29 is 9.53 Å². The summed E-state index contributed by atoms with van der Waals surface area (Å²) in [5.74, 6) is 0.834. The van der Waals surface area contributed by atoms with Crippen molar-refractivity contribution in [2.24, 2.45) is 0 Å². The van der Waals surface area contributed by atoms with Crippen LogP contribution in [0, 0.1) is 0 Å². The molecule has 0 saturated heterocycles. The Morgan fingerprint density at radius 2 is 1.43 bits per heavy atom. The van der Waals surface area contributed by atoms with Gasteiger partial charge in [-0.2, -0.15) is 0 Å². The highest BCUT2D eigenvalue weighted by atomic mass is 35.5. The van der Waals surface area contributed by atoms with E-state index in [9.17, 15) is 4.79 Å². The number of halogens is 1. The van der Waals surface area contributed by atoms with E-state index >= 15 is 0 Å². The third kappa shape index (κ3) is 5.95. The summed E-state index contributed by atoms with van der Waals surface area (Å²) in [5.41, 5.74) is 2.97. The van der Waals surface area contributed by atoms with Crippen LogP contribution < -0.4 is 10.1 Å². The molecule has 0 radical (unpaired) electrons. The fraction of sp³-hybridized carbons (Fsp3) is 0.208. The average molecular weight is 396 g/mol. The van der Waals surface area contributed by atoms with E-state index in [1.165, 1.54) is 5.56 Å². The summed E-state index contributed by atoms with van der Waals surface area (Å²) in [7, 11) is 0. The van der Waals surface area contributed by atoms with Crippen LogP contribution in [0.15, 0.2) is 84.9 Å². The Balaban J connectivity index is 0.00000280. The molecule has 0 aliphatic rings. The summed E-state index contributed by atoms with van der Waals surface area (Å²) >= 11 is 0. The molecule has 1 N–H and O–H groups in total. The summed E-state index contributed by atoms with van der Waals surface area (Å²) in [6.45, 7) is 4.49. The number of rotatable bonds is 8. The standard InChI is InChI=1S/C24H25NO2.ClH/c1-18(21-11-7-4-8-12-21)25-19(2)24(26)22-13-15-23(16-14-22)27-17-20-9-5-3-6-10-20;/h3-16,18-19,25H,17H2,1-2H3;1H/t18-,19-;/m1./s1. The van der Waals surface area contributed by atoms with E-state index in [-0.39, 0.29) is 30.3 Å². The molecule has 0 aromatic heterocycles. The van der Waals surface area contributed by atoms with Gasteiger partial charge in [0.2, 0.25) is 0 Å². The molecule has 2 atom stereocenters. The lowest BCUT2D eigenvalue weighted by molar-refractivity contribution is 0.0945. The van der Waals surface area contributed by atoms with Crippen molar-refractivity contribution in [3.8, 4) is 5.75 Å². The molecule has 0 saturated carbocycles. The van der Waals surface area contributed by atoms with Crippen molar-refractivity contribution in [1.82, 2.24) is 5.32 Å². The van der Waals surface area contributed by atoms with Crippen LogP contribution in [0.3, 0.4) is 0 Å². The van der Waals surface area contributed by atoms with Crippen molar-refractivity contribution >= 4 is 18.2 Å². The van der Waals surface area contributed by atoms with Crippen molar-refractivity contribution in [2.75, 3.05) is 0 Å². The van der Waals surface area contributed by atoms with E-state index in [1.807, 2.05) is 79.7 Å². The summed E-state index contributed by atoms with van der Waals surface area (Å²) < 4.78 is 5.78. The maximum atomic E-state index is 12.7. The smallest absolute Gasteiger partial charge is 0.179 e. The number of hydrogen-bond donors (Lipinski definition) is 1. The van der Waals surface area contributed by atoms with Gasteiger partial charge in [-0.1, -0.05) is 60.7 Å². The molecule has 0 heterocycles. The predicted molar refractivity (Wildman–Crippen MR) is 116 cm³/mol. The van der Waals surface area contributed by atoms with Gasteiger partial charge in [0, 0.05) is 11.6 Å². The van der Waals surface area contributed by atoms with E-state index in [4.69, 9.17) is 4.74 Å². The van der Waals surface area contributed by atoms with E-state index in [0.717, 1.165) is 11.3 Å². The van der Waals surface area contributed by atoms with Crippen LogP contribution in [0.1, 0.15) is 41.4 Å². The topological polar surface area (TPSA) is 38.3 Å². The molecule has 3 aromatic rings. The van der Waals surface area contributed by atoms with Crippen LogP contribution in [-0.4, -0.2) is 11.8 Å². The Bertz CT molecular complexity index is 851. The monoisotopic (exact) mass is 395 g/mol. The van der Waals surface area contributed by atoms with E-state index < -0.39 is 0 Å². The predicted octanol–water partition coefficient (Wildman–Crippen LogP) is 5.61. The van der Waals surface area contributed by atoms with Crippen LogP contribution in [0.2, 0.25) is 0 Å². The van der Waals surface area contributed by atoms with Crippen molar-refractivity contribution in [2.45, 2.75) is 32.5 Å².